The molecule has 0 unspecified atom stereocenters. The minimum atomic E-state index is 0. The van der Waals surface area contributed by atoms with Gasteiger partial charge in [0.2, 0.25) is 0 Å². The molecule has 2 N–H and O–H groups in total. The highest BCUT2D eigenvalue weighted by Crippen LogP contribution is 2.33. The van der Waals surface area contributed by atoms with Crippen LogP contribution in [-0.4, -0.2) is 19.2 Å². The van der Waals surface area contributed by atoms with Gasteiger partial charge in [0.1, 0.15) is 5.75 Å². The monoisotopic (exact) mass is 378 g/mol. The predicted molar refractivity (Wildman–Crippen MR) is 105 cm³/mol. The molecule has 2 aliphatic rings. The molecule has 4 rings (SSSR count). The van der Waals surface area contributed by atoms with Gasteiger partial charge in [-0.3, -0.25) is 0 Å². The number of piperidine rings is 1. The highest BCUT2D eigenvalue weighted by atomic mass is 35.5. The predicted octanol–water partition coefficient (Wildman–Crippen LogP) is 4.28. The van der Waals surface area contributed by atoms with Gasteiger partial charge in [-0.25, -0.2) is 0 Å². The molecule has 3 nitrogen and oxygen atoms in total. The van der Waals surface area contributed by atoms with E-state index in [2.05, 4.69) is 41.0 Å². The van der Waals surface area contributed by atoms with Crippen LogP contribution in [0.5, 0.6) is 5.75 Å². The van der Waals surface area contributed by atoms with Crippen LogP contribution in [0.25, 0.3) is 0 Å². The first-order valence-corrected chi connectivity index (χ1v) is 9.15. The van der Waals surface area contributed by atoms with Crippen molar-refractivity contribution in [1.29, 1.82) is 0 Å². The van der Waals surface area contributed by atoms with Crippen molar-refractivity contribution < 1.29 is 4.74 Å². The summed E-state index contributed by atoms with van der Waals surface area (Å²) >= 11 is 6.28. The van der Waals surface area contributed by atoms with Gasteiger partial charge in [-0.05, 0) is 42.6 Å². The first-order chi connectivity index (χ1) is 11.8. The lowest BCUT2D eigenvalue weighted by atomic mass is 9.92. The molecule has 0 saturated carbocycles. The summed E-state index contributed by atoms with van der Waals surface area (Å²) in [5, 5.41) is 8.21. The van der Waals surface area contributed by atoms with Gasteiger partial charge < -0.3 is 15.4 Å². The standard InChI is InChI=1S/C20H23ClN2O.ClH/c21-17-11-15-8-10-24-20(15)16(12-17)13-23-18-7-4-9-22-19(18)14-5-2-1-3-6-14;/h1-3,5-6,11-12,18-19,22-23H,4,7-10,13H2;1H/t18-,19-;/m0./s1. The second-order valence-electron chi connectivity index (χ2n) is 6.62. The van der Waals surface area contributed by atoms with Crippen molar-refractivity contribution in [2.75, 3.05) is 13.2 Å². The lowest BCUT2D eigenvalue weighted by Crippen LogP contribution is -2.45. The van der Waals surface area contributed by atoms with Gasteiger partial charge in [-0.1, -0.05) is 41.9 Å². The highest BCUT2D eigenvalue weighted by Gasteiger charge is 2.26. The van der Waals surface area contributed by atoms with E-state index in [1.807, 2.05) is 12.1 Å². The fourth-order valence-corrected chi connectivity index (χ4v) is 4.10. The Kier molecular flexibility index (Phi) is 6.24. The highest BCUT2D eigenvalue weighted by molar-refractivity contribution is 6.30. The lowest BCUT2D eigenvalue weighted by molar-refractivity contribution is 0.301. The fourth-order valence-electron chi connectivity index (χ4n) is 3.84. The number of fused-ring (bicyclic) bond motifs is 1. The van der Waals surface area contributed by atoms with E-state index in [-0.39, 0.29) is 12.4 Å². The van der Waals surface area contributed by atoms with Gasteiger partial charge in [0.15, 0.2) is 0 Å². The van der Waals surface area contributed by atoms with Crippen molar-refractivity contribution in [3.8, 4) is 5.75 Å². The maximum Gasteiger partial charge on any atom is 0.127 e. The fraction of sp³-hybridized carbons (Fsp3) is 0.400. The van der Waals surface area contributed by atoms with Crippen LogP contribution < -0.4 is 15.4 Å². The summed E-state index contributed by atoms with van der Waals surface area (Å²) in [6, 6.07) is 15.5. The van der Waals surface area contributed by atoms with Crippen LogP contribution in [0.1, 0.15) is 35.6 Å². The Hall–Kier alpha value is -1.26. The van der Waals surface area contributed by atoms with Crippen LogP contribution in [0.15, 0.2) is 42.5 Å². The molecule has 2 atom stereocenters. The van der Waals surface area contributed by atoms with Crippen molar-refractivity contribution in [3.63, 3.8) is 0 Å². The number of hydrogen-bond acceptors (Lipinski definition) is 3. The molecular weight excluding hydrogens is 355 g/mol. The van der Waals surface area contributed by atoms with E-state index in [9.17, 15) is 0 Å². The Labute approximate surface area is 160 Å². The Bertz CT molecular complexity index is 708. The zero-order valence-corrected chi connectivity index (χ0v) is 15.7. The summed E-state index contributed by atoms with van der Waals surface area (Å²) in [7, 11) is 0. The smallest absolute Gasteiger partial charge is 0.127 e. The molecule has 0 radical (unpaired) electrons. The molecule has 2 aliphatic heterocycles. The van der Waals surface area contributed by atoms with Gasteiger partial charge in [0.25, 0.3) is 0 Å². The van der Waals surface area contributed by atoms with Gasteiger partial charge in [-0.2, -0.15) is 0 Å². The molecule has 1 saturated heterocycles. The van der Waals surface area contributed by atoms with Gasteiger partial charge in [-0.15, -0.1) is 12.4 Å². The Morgan fingerprint density at radius 3 is 2.88 bits per heavy atom. The second-order valence-corrected chi connectivity index (χ2v) is 7.06. The Morgan fingerprint density at radius 2 is 2.04 bits per heavy atom. The van der Waals surface area contributed by atoms with Gasteiger partial charge >= 0.3 is 0 Å². The molecule has 0 aliphatic carbocycles. The van der Waals surface area contributed by atoms with E-state index in [1.54, 1.807) is 0 Å². The largest absolute Gasteiger partial charge is 0.493 e. The number of benzene rings is 2. The summed E-state index contributed by atoms with van der Waals surface area (Å²) in [4.78, 5) is 0. The maximum atomic E-state index is 6.28. The van der Waals surface area contributed by atoms with Crippen LogP contribution in [0, 0.1) is 0 Å². The number of nitrogens with one attached hydrogen (secondary N) is 2. The molecule has 0 bridgehead atoms. The molecule has 0 aromatic heterocycles. The first-order valence-electron chi connectivity index (χ1n) is 8.77. The average Bonchev–Trinajstić information content (AvgIpc) is 3.09. The molecule has 134 valence electrons. The van der Waals surface area contributed by atoms with E-state index in [0.29, 0.717) is 12.1 Å². The summed E-state index contributed by atoms with van der Waals surface area (Å²) in [6.07, 6.45) is 3.34. The quantitative estimate of drug-likeness (QED) is 0.832. The van der Waals surface area contributed by atoms with Crippen molar-refractivity contribution in [2.45, 2.75) is 37.9 Å². The third-order valence-corrected chi connectivity index (χ3v) is 5.22. The average molecular weight is 379 g/mol. The van der Waals surface area contributed by atoms with E-state index < -0.39 is 0 Å². The molecule has 0 amide bonds. The van der Waals surface area contributed by atoms with E-state index >= 15 is 0 Å². The van der Waals surface area contributed by atoms with Crippen molar-refractivity contribution in [2.24, 2.45) is 0 Å². The van der Waals surface area contributed by atoms with E-state index in [0.717, 1.165) is 36.9 Å². The first kappa shape index (κ1) is 18.5. The molecule has 2 aromatic rings. The van der Waals surface area contributed by atoms with E-state index in [4.69, 9.17) is 16.3 Å². The lowest BCUT2D eigenvalue weighted by Gasteiger charge is -2.34. The zero-order chi connectivity index (χ0) is 16.4. The van der Waals surface area contributed by atoms with E-state index in [1.165, 1.54) is 29.5 Å². The summed E-state index contributed by atoms with van der Waals surface area (Å²) in [6.45, 7) is 2.63. The Morgan fingerprint density at radius 1 is 1.20 bits per heavy atom. The minimum absolute atomic E-state index is 0. The van der Waals surface area contributed by atoms with Crippen LogP contribution in [0.4, 0.5) is 0 Å². The number of rotatable bonds is 4. The van der Waals surface area contributed by atoms with Crippen molar-refractivity contribution >= 4 is 24.0 Å². The molecule has 25 heavy (non-hydrogen) atoms. The molecule has 1 fully saturated rings. The molecule has 0 spiro atoms. The number of ether oxygens (including phenoxy) is 1. The van der Waals surface area contributed by atoms with Crippen LogP contribution >= 0.6 is 24.0 Å². The molecular formula is C20H24Cl2N2O. The molecule has 2 aromatic carbocycles. The van der Waals surface area contributed by atoms with Crippen molar-refractivity contribution in [3.05, 3.63) is 64.2 Å². The SMILES string of the molecule is Cl.Clc1cc2c(c(CN[C@H]3CCCN[C@H]3c3ccccc3)c1)OCC2. The Balaban J connectivity index is 0.00000182. The van der Waals surface area contributed by atoms with Gasteiger partial charge in [0.05, 0.1) is 6.61 Å². The molecule has 5 heteroatoms. The van der Waals surface area contributed by atoms with Gasteiger partial charge in [0, 0.05) is 35.6 Å². The second kappa shape index (κ2) is 8.41. The van der Waals surface area contributed by atoms with Crippen LogP contribution in [-0.2, 0) is 13.0 Å². The minimum Gasteiger partial charge on any atom is -0.493 e. The number of halogens is 2. The van der Waals surface area contributed by atoms with Crippen LogP contribution in [0.2, 0.25) is 5.02 Å². The summed E-state index contributed by atoms with van der Waals surface area (Å²) in [5.74, 6) is 1.03. The topological polar surface area (TPSA) is 33.3 Å². The molecule has 2 heterocycles. The normalized spacial score (nSPS) is 22.0. The third kappa shape index (κ3) is 4.12. The summed E-state index contributed by atoms with van der Waals surface area (Å²) < 4.78 is 5.82. The van der Waals surface area contributed by atoms with Crippen molar-refractivity contribution in [1.82, 2.24) is 10.6 Å². The summed E-state index contributed by atoms with van der Waals surface area (Å²) in [5.41, 5.74) is 3.76. The number of hydrogen-bond donors (Lipinski definition) is 2. The third-order valence-electron chi connectivity index (χ3n) is 5.00. The zero-order valence-electron chi connectivity index (χ0n) is 14.1. The van der Waals surface area contributed by atoms with Crippen LogP contribution in [0.3, 0.4) is 0 Å². The maximum absolute atomic E-state index is 6.28.